The Labute approximate surface area is 167 Å². The Morgan fingerprint density at radius 2 is 1.75 bits per heavy atom. The molecule has 2 saturated heterocycles. The number of likely N-dealkylation sites (N-methyl/N-ethyl adjacent to an activating group) is 1. The molecule has 2 aliphatic heterocycles. The molecule has 0 unspecified atom stereocenters. The van der Waals surface area contributed by atoms with Crippen LogP contribution >= 0.6 is 0 Å². The highest BCUT2D eigenvalue weighted by Gasteiger charge is 2.33. The highest BCUT2D eigenvalue weighted by atomic mass is 16.5. The molecule has 0 radical (unpaired) electrons. The van der Waals surface area contributed by atoms with Crippen molar-refractivity contribution >= 4 is 17.5 Å². The lowest BCUT2D eigenvalue weighted by atomic mass is 10.1. The molecule has 154 valence electrons. The summed E-state index contributed by atoms with van der Waals surface area (Å²) in [6.07, 6.45) is 2.54. The minimum atomic E-state index is -0.0495. The van der Waals surface area contributed by atoms with E-state index in [9.17, 15) is 9.59 Å². The molecule has 1 aromatic rings. The van der Waals surface area contributed by atoms with Crippen LogP contribution in [0.15, 0.2) is 24.3 Å². The van der Waals surface area contributed by atoms with Crippen molar-refractivity contribution in [2.75, 3.05) is 58.9 Å². The molecule has 0 aromatic heterocycles. The van der Waals surface area contributed by atoms with Gasteiger partial charge in [-0.1, -0.05) is 0 Å². The standard InChI is InChI=1S/C21H32N4O3/c1-23(2)17-6-4-16(5-7-17)21(27)22-15-19-9-8-18(24(19)3)14-20(26)25-10-12-28-13-11-25/h4-7,18-19H,8-15H2,1-3H3,(H,22,27)/t18-,19+/m1/s1. The number of likely N-dealkylation sites (tertiary alicyclic amines) is 1. The average molecular weight is 389 g/mol. The molecule has 2 atom stereocenters. The van der Waals surface area contributed by atoms with Crippen LogP contribution in [-0.4, -0.2) is 87.7 Å². The molecular weight excluding hydrogens is 356 g/mol. The molecule has 28 heavy (non-hydrogen) atoms. The summed E-state index contributed by atoms with van der Waals surface area (Å²) in [5.41, 5.74) is 1.74. The van der Waals surface area contributed by atoms with Gasteiger partial charge in [0.2, 0.25) is 5.91 Å². The number of morpholine rings is 1. The van der Waals surface area contributed by atoms with Crippen LogP contribution in [-0.2, 0) is 9.53 Å². The van der Waals surface area contributed by atoms with Crippen LogP contribution in [0.1, 0.15) is 29.6 Å². The van der Waals surface area contributed by atoms with Gasteiger partial charge in [-0.25, -0.2) is 0 Å². The number of ether oxygens (including phenoxy) is 1. The van der Waals surface area contributed by atoms with Crippen molar-refractivity contribution in [3.63, 3.8) is 0 Å². The van der Waals surface area contributed by atoms with E-state index in [0.717, 1.165) is 18.5 Å². The maximum Gasteiger partial charge on any atom is 0.251 e. The summed E-state index contributed by atoms with van der Waals surface area (Å²) in [5, 5.41) is 3.05. The fraction of sp³-hybridized carbons (Fsp3) is 0.619. The number of hydrogen-bond donors (Lipinski definition) is 1. The third kappa shape index (κ3) is 5.02. The van der Waals surface area contributed by atoms with Crippen LogP contribution in [0.25, 0.3) is 0 Å². The summed E-state index contributed by atoms with van der Waals surface area (Å²) in [6.45, 7) is 3.27. The normalized spacial score (nSPS) is 22.9. The van der Waals surface area contributed by atoms with Crippen molar-refractivity contribution in [1.29, 1.82) is 0 Å². The lowest BCUT2D eigenvalue weighted by molar-refractivity contribution is -0.136. The summed E-state index contributed by atoms with van der Waals surface area (Å²) in [4.78, 5) is 31.1. The van der Waals surface area contributed by atoms with Crippen molar-refractivity contribution in [3.05, 3.63) is 29.8 Å². The summed E-state index contributed by atoms with van der Waals surface area (Å²) >= 11 is 0. The molecule has 0 aliphatic carbocycles. The first-order valence-corrected chi connectivity index (χ1v) is 10.1. The SMILES string of the molecule is CN(C)c1ccc(C(=O)NC[C@@H]2CC[C@H](CC(=O)N3CCOCC3)N2C)cc1. The molecule has 7 nitrogen and oxygen atoms in total. The molecule has 0 spiro atoms. The van der Waals surface area contributed by atoms with E-state index in [1.165, 1.54) is 0 Å². The largest absolute Gasteiger partial charge is 0.378 e. The molecular formula is C21H32N4O3. The molecule has 0 saturated carbocycles. The van der Waals surface area contributed by atoms with Crippen molar-refractivity contribution in [1.82, 2.24) is 15.1 Å². The molecule has 2 amide bonds. The predicted octanol–water partition coefficient (Wildman–Crippen LogP) is 1.19. The molecule has 3 rings (SSSR count). The van der Waals surface area contributed by atoms with Crippen LogP contribution in [0.3, 0.4) is 0 Å². The number of hydrogen-bond acceptors (Lipinski definition) is 5. The predicted molar refractivity (Wildman–Crippen MR) is 110 cm³/mol. The molecule has 7 heteroatoms. The number of nitrogens with zero attached hydrogens (tertiary/aromatic N) is 3. The molecule has 0 bridgehead atoms. The second-order valence-corrected chi connectivity index (χ2v) is 7.90. The molecule has 1 N–H and O–H groups in total. The van der Waals surface area contributed by atoms with Gasteiger partial charge in [0.05, 0.1) is 13.2 Å². The van der Waals surface area contributed by atoms with Gasteiger partial charge in [-0.2, -0.15) is 0 Å². The quantitative estimate of drug-likeness (QED) is 0.793. The highest BCUT2D eigenvalue weighted by Crippen LogP contribution is 2.25. The van der Waals surface area contributed by atoms with Crippen molar-refractivity contribution in [2.45, 2.75) is 31.3 Å². The van der Waals surface area contributed by atoms with E-state index < -0.39 is 0 Å². The zero-order valence-corrected chi connectivity index (χ0v) is 17.2. The van der Waals surface area contributed by atoms with Gasteiger partial charge >= 0.3 is 0 Å². The number of carbonyl (C=O) groups excluding carboxylic acids is 2. The van der Waals surface area contributed by atoms with Crippen molar-refractivity contribution in [2.24, 2.45) is 0 Å². The summed E-state index contributed by atoms with van der Waals surface area (Å²) in [7, 11) is 6.02. The van der Waals surface area contributed by atoms with Gasteiger partial charge in [-0.15, -0.1) is 0 Å². The topological polar surface area (TPSA) is 65.1 Å². The zero-order chi connectivity index (χ0) is 20.1. The third-order valence-electron chi connectivity index (χ3n) is 5.90. The maximum absolute atomic E-state index is 12.5. The van der Waals surface area contributed by atoms with Gasteiger partial charge in [0.1, 0.15) is 0 Å². The number of benzene rings is 1. The van der Waals surface area contributed by atoms with Gasteiger partial charge < -0.3 is 19.9 Å². The Morgan fingerprint density at radius 3 is 2.39 bits per heavy atom. The second kappa shape index (κ2) is 9.39. The van der Waals surface area contributed by atoms with Crippen LogP contribution < -0.4 is 10.2 Å². The highest BCUT2D eigenvalue weighted by molar-refractivity contribution is 5.94. The lowest BCUT2D eigenvalue weighted by Gasteiger charge is -2.30. The smallest absolute Gasteiger partial charge is 0.251 e. The number of rotatable bonds is 6. The van der Waals surface area contributed by atoms with E-state index in [0.29, 0.717) is 44.8 Å². The Bertz CT molecular complexity index is 671. The maximum atomic E-state index is 12.5. The Hall–Kier alpha value is -2.12. The van der Waals surface area contributed by atoms with Crippen LogP contribution in [0.5, 0.6) is 0 Å². The molecule has 2 heterocycles. The van der Waals surface area contributed by atoms with Crippen LogP contribution in [0, 0.1) is 0 Å². The summed E-state index contributed by atoms with van der Waals surface area (Å²) in [6, 6.07) is 8.12. The van der Waals surface area contributed by atoms with Gasteiger partial charge in [0.25, 0.3) is 5.91 Å². The average Bonchev–Trinajstić information content (AvgIpc) is 3.06. The van der Waals surface area contributed by atoms with E-state index in [-0.39, 0.29) is 23.9 Å². The van der Waals surface area contributed by atoms with Gasteiger partial charge in [-0.3, -0.25) is 14.5 Å². The number of amides is 2. The molecule has 2 fully saturated rings. The zero-order valence-electron chi connectivity index (χ0n) is 17.2. The lowest BCUT2D eigenvalue weighted by Crippen LogP contribution is -2.45. The van der Waals surface area contributed by atoms with E-state index in [2.05, 4.69) is 17.3 Å². The first-order chi connectivity index (χ1) is 13.5. The minimum absolute atomic E-state index is 0.0495. The third-order valence-corrected chi connectivity index (χ3v) is 5.90. The first-order valence-electron chi connectivity index (χ1n) is 10.1. The Kier molecular flexibility index (Phi) is 6.91. The number of nitrogens with one attached hydrogen (secondary N) is 1. The molecule has 1 aromatic carbocycles. The van der Waals surface area contributed by atoms with Gasteiger partial charge in [-0.05, 0) is 44.2 Å². The monoisotopic (exact) mass is 388 g/mol. The Morgan fingerprint density at radius 1 is 1.11 bits per heavy atom. The molecule has 2 aliphatic rings. The van der Waals surface area contributed by atoms with E-state index in [4.69, 9.17) is 4.74 Å². The second-order valence-electron chi connectivity index (χ2n) is 7.90. The Balaban J connectivity index is 1.46. The summed E-state index contributed by atoms with van der Waals surface area (Å²) in [5.74, 6) is 0.164. The first kappa shape index (κ1) is 20.6. The van der Waals surface area contributed by atoms with Crippen LogP contribution in [0.4, 0.5) is 5.69 Å². The number of carbonyl (C=O) groups is 2. The van der Waals surface area contributed by atoms with Crippen molar-refractivity contribution < 1.29 is 14.3 Å². The number of anilines is 1. The fourth-order valence-corrected chi connectivity index (χ4v) is 3.95. The fourth-order valence-electron chi connectivity index (χ4n) is 3.95. The van der Waals surface area contributed by atoms with E-state index in [1.54, 1.807) is 0 Å². The minimum Gasteiger partial charge on any atom is -0.378 e. The van der Waals surface area contributed by atoms with Gasteiger partial charge in [0, 0.05) is 63.5 Å². The van der Waals surface area contributed by atoms with Crippen LogP contribution in [0.2, 0.25) is 0 Å². The van der Waals surface area contributed by atoms with Crippen molar-refractivity contribution in [3.8, 4) is 0 Å². The van der Waals surface area contributed by atoms with Gasteiger partial charge in [0.15, 0.2) is 0 Å². The van der Waals surface area contributed by atoms with E-state index >= 15 is 0 Å². The summed E-state index contributed by atoms with van der Waals surface area (Å²) < 4.78 is 5.32. The van der Waals surface area contributed by atoms with E-state index in [1.807, 2.05) is 48.2 Å².